The monoisotopic (exact) mass is 209 g/mol. The van der Waals surface area contributed by atoms with Crippen molar-refractivity contribution in [3.05, 3.63) is 18.1 Å². The summed E-state index contributed by atoms with van der Waals surface area (Å²) >= 11 is 0. The zero-order valence-electron chi connectivity index (χ0n) is 9.82. The average molecular weight is 209 g/mol. The van der Waals surface area contributed by atoms with Crippen molar-refractivity contribution < 1.29 is 4.74 Å². The van der Waals surface area contributed by atoms with Gasteiger partial charge in [-0.05, 0) is 19.9 Å². The van der Waals surface area contributed by atoms with Crippen molar-refractivity contribution in [2.75, 3.05) is 13.6 Å². The minimum Gasteiger partial charge on any atom is -0.473 e. The lowest BCUT2D eigenvalue weighted by atomic mass is 10.1. The number of likely N-dealkylation sites (N-methyl/N-ethyl adjacent to an activating group) is 1. The summed E-state index contributed by atoms with van der Waals surface area (Å²) in [6, 6.07) is 1.90. The standard InChI is InChI=1S/C11H19N3O/c1-8(2)10-5-11(14-7-13-10)15-9(3)6-12-4/h5,7-9,12H,6H2,1-4H3. The highest BCUT2D eigenvalue weighted by atomic mass is 16.5. The first-order valence-electron chi connectivity index (χ1n) is 5.26. The smallest absolute Gasteiger partial charge is 0.216 e. The molecule has 4 heteroatoms. The van der Waals surface area contributed by atoms with Crippen molar-refractivity contribution in [3.8, 4) is 5.88 Å². The first kappa shape index (κ1) is 11.9. The van der Waals surface area contributed by atoms with E-state index in [1.165, 1.54) is 0 Å². The predicted octanol–water partition coefficient (Wildman–Crippen LogP) is 1.59. The molecule has 0 saturated heterocycles. The zero-order valence-corrected chi connectivity index (χ0v) is 9.82. The molecular formula is C11H19N3O. The quantitative estimate of drug-likeness (QED) is 0.800. The van der Waals surface area contributed by atoms with E-state index in [0.717, 1.165) is 12.2 Å². The topological polar surface area (TPSA) is 47.0 Å². The second-order valence-corrected chi connectivity index (χ2v) is 3.92. The average Bonchev–Trinajstić information content (AvgIpc) is 2.18. The van der Waals surface area contributed by atoms with Gasteiger partial charge in [-0.1, -0.05) is 13.8 Å². The first-order chi connectivity index (χ1) is 7.13. The Morgan fingerprint density at radius 2 is 2.07 bits per heavy atom. The van der Waals surface area contributed by atoms with Crippen LogP contribution in [0, 0.1) is 0 Å². The van der Waals surface area contributed by atoms with E-state index in [9.17, 15) is 0 Å². The summed E-state index contributed by atoms with van der Waals surface area (Å²) in [5.41, 5.74) is 1.01. The maximum Gasteiger partial charge on any atom is 0.216 e. The van der Waals surface area contributed by atoms with Crippen LogP contribution in [0.1, 0.15) is 32.4 Å². The Balaban J connectivity index is 2.65. The number of nitrogens with zero attached hydrogens (tertiary/aromatic N) is 2. The molecule has 0 aromatic carbocycles. The van der Waals surface area contributed by atoms with Gasteiger partial charge in [-0.15, -0.1) is 0 Å². The molecule has 0 fully saturated rings. The highest BCUT2D eigenvalue weighted by molar-refractivity contribution is 5.16. The molecule has 4 nitrogen and oxygen atoms in total. The molecule has 0 saturated carbocycles. The van der Waals surface area contributed by atoms with Crippen LogP contribution >= 0.6 is 0 Å². The van der Waals surface area contributed by atoms with Gasteiger partial charge in [0.05, 0.1) is 5.69 Å². The predicted molar refractivity (Wildman–Crippen MR) is 60.1 cm³/mol. The van der Waals surface area contributed by atoms with Gasteiger partial charge in [0, 0.05) is 12.6 Å². The molecule has 84 valence electrons. The van der Waals surface area contributed by atoms with E-state index in [2.05, 4.69) is 29.1 Å². The van der Waals surface area contributed by atoms with Gasteiger partial charge in [0.1, 0.15) is 12.4 Å². The van der Waals surface area contributed by atoms with Gasteiger partial charge in [0.25, 0.3) is 0 Å². The van der Waals surface area contributed by atoms with E-state index in [-0.39, 0.29) is 6.10 Å². The summed E-state index contributed by atoms with van der Waals surface area (Å²) in [7, 11) is 1.90. The van der Waals surface area contributed by atoms with Crippen LogP contribution in [0.3, 0.4) is 0 Å². The molecular weight excluding hydrogens is 190 g/mol. The lowest BCUT2D eigenvalue weighted by Gasteiger charge is -2.14. The second-order valence-electron chi connectivity index (χ2n) is 3.92. The molecule has 0 bridgehead atoms. The maximum atomic E-state index is 5.63. The van der Waals surface area contributed by atoms with Crippen LogP contribution in [0.4, 0.5) is 0 Å². The summed E-state index contributed by atoms with van der Waals surface area (Å²) in [5.74, 6) is 1.05. The van der Waals surface area contributed by atoms with E-state index in [1.807, 2.05) is 20.0 Å². The van der Waals surface area contributed by atoms with Crippen molar-refractivity contribution in [2.24, 2.45) is 0 Å². The fraction of sp³-hybridized carbons (Fsp3) is 0.636. The SMILES string of the molecule is CNCC(C)Oc1cc(C(C)C)ncn1. The number of aromatic nitrogens is 2. The molecule has 1 atom stereocenters. The summed E-state index contributed by atoms with van der Waals surface area (Å²) in [4.78, 5) is 8.27. The molecule has 1 rings (SSSR count). The van der Waals surface area contributed by atoms with Gasteiger partial charge in [-0.25, -0.2) is 9.97 Å². The third kappa shape index (κ3) is 3.83. The molecule has 1 aromatic heterocycles. The Kier molecular flexibility index (Phi) is 4.49. The normalized spacial score (nSPS) is 12.9. The molecule has 1 N–H and O–H groups in total. The van der Waals surface area contributed by atoms with E-state index in [4.69, 9.17) is 4.74 Å². The summed E-state index contributed by atoms with van der Waals surface area (Å²) in [6.07, 6.45) is 1.67. The Morgan fingerprint density at radius 3 is 2.67 bits per heavy atom. The van der Waals surface area contributed by atoms with Gasteiger partial charge in [-0.2, -0.15) is 0 Å². The van der Waals surface area contributed by atoms with Crippen LogP contribution in [-0.4, -0.2) is 29.7 Å². The minimum atomic E-state index is 0.116. The van der Waals surface area contributed by atoms with E-state index in [1.54, 1.807) is 6.33 Å². The second kappa shape index (κ2) is 5.66. The summed E-state index contributed by atoms with van der Waals surface area (Å²) < 4.78 is 5.63. The van der Waals surface area contributed by atoms with Crippen molar-refractivity contribution in [2.45, 2.75) is 32.8 Å². The molecule has 1 unspecified atom stereocenters. The number of hydrogen-bond acceptors (Lipinski definition) is 4. The van der Waals surface area contributed by atoms with E-state index in [0.29, 0.717) is 11.8 Å². The Morgan fingerprint density at radius 1 is 1.33 bits per heavy atom. The third-order valence-electron chi connectivity index (χ3n) is 2.07. The number of rotatable bonds is 5. The first-order valence-corrected chi connectivity index (χ1v) is 5.26. The lowest BCUT2D eigenvalue weighted by molar-refractivity contribution is 0.211. The van der Waals surface area contributed by atoms with Crippen LogP contribution in [0.25, 0.3) is 0 Å². The molecule has 0 radical (unpaired) electrons. The van der Waals surface area contributed by atoms with Crippen LogP contribution in [0.15, 0.2) is 12.4 Å². The highest BCUT2D eigenvalue weighted by Gasteiger charge is 2.06. The molecule has 0 spiro atoms. The van der Waals surface area contributed by atoms with Crippen molar-refractivity contribution >= 4 is 0 Å². The Labute approximate surface area is 91.1 Å². The molecule has 0 aliphatic carbocycles. The third-order valence-corrected chi connectivity index (χ3v) is 2.07. The Hall–Kier alpha value is -1.16. The largest absolute Gasteiger partial charge is 0.473 e. The van der Waals surface area contributed by atoms with Crippen LogP contribution in [0.5, 0.6) is 5.88 Å². The van der Waals surface area contributed by atoms with E-state index < -0.39 is 0 Å². The maximum absolute atomic E-state index is 5.63. The molecule has 0 aliphatic rings. The highest BCUT2D eigenvalue weighted by Crippen LogP contribution is 2.15. The van der Waals surface area contributed by atoms with Gasteiger partial charge in [-0.3, -0.25) is 0 Å². The molecule has 0 amide bonds. The number of ether oxygens (including phenoxy) is 1. The Bertz CT molecular complexity index is 302. The summed E-state index contributed by atoms with van der Waals surface area (Å²) in [6.45, 7) is 7.01. The van der Waals surface area contributed by atoms with Crippen molar-refractivity contribution in [1.82, 2.24) is 15.3 Å². The van der Waals surface area contributed by atoms with Gasteiger partial charge >= 0.3 is 0 Å². The van der Waals surface area contributed by atoms with Crippen LogP contribution < -0.4 is 10.1 Å². The van der Waals surface area contributed by atoms with Gasteiger partial charge in [0.2, 0.25) is 5.88 Å². The van der Waals surface area contributed by atoms with E-state index >= 15 is 0 Å². The van der Waals surface area contributed by atoms with Crippen LogP contribution in [0.2, 0.25) is 0 Å². The molecule has 1 heterocycles. The molecule has 1 aromatic rings. The fourth-order valence-corrected chi connectivity index (χ4v) is 1.27. The zero-order chi connectivity index (χ0) is 11.3. The fourth-order valence-electron chi connectivity index (χ4n) is 1.27. The molecule has 15 heavy (non-hydrogen) atoms. The summed E-state index contributed by atoms with van der Waals surface area (Å²) in [5, 5.41) is 3.06. The van der Waals surface area contributed by atoms with Crippen LogP contribution in [-0.2, 0) is 0 Å². The number of hydrogen-bond donors (Lipinski definition) is 1. The lowest BCUT2D eigenvalue weighted by Crippen LogP contribution is -2.26. The van der Waals surface area contributed by atoms with Crippen molar-refractivity contribution in [3.63, 3.8) is 0 Å². The van der Waals surface area contributed by atoms with Gasteiger partial charge in [0.15, 0.2) is 0 Å². The van der Waals surface area contributed by atoms with Gasteiger partial charge < -0.3 is 10.1 Å². The van der Waals surface area contributed by atoms with Crippen molar-refractivity contribution in [1.29, 1.82) is 0 Å². The number of nitrogens with one attached hydrogen (secondary N) is 1. The minimum absolute atomic E-state index is 0.116. The molecule has 0 aliphatic heterocycles.